The molecule has 1 aromatic heterocycles. The number of likely N-dealkylation sites (N-methyl/N-ethyl adjacent to an activating group) is 1. The number of aromatic nitrogens is 2. The Hall–Kier alpha value is -2.34. The number of anilines is 4. The Morgan fingerprint density at radius 2 is 2.00 bits per heavy atom. The number of aliphatic hydroxyl groups is 1. The van der Waals surface area contributed by atoms with Gasteiger partial charge in [0.05, 0.1) is 6.61 Å². The zero-order chi connectivity index (χ0) is 16.1. The van der Waals surface area contributed by atoms with Gasteiger partial charge in [-0.05, 0) is 44.0 Å². The van der Waals surface area contributed by atoms with Crippen LogP contribution in [-0.4, -0.2) is 34.8 Å². The second-order valence-corrected chi connectivity index (χ2v) is 5.19. The Kier molecular flexibility index (Phi) is 5.16. The van der Waals surface area contributed by atoms with E-state index in [4.69, 9.17) is 10.8 Å². The third kappa shape index (κ3) is 3.46. The number of nitrogens with two attached hydrogens (primary N) is 1. The van der Waals surface area contributed by atoms with Gasteiger partial charge in [0.1, 0.15) is 12.0 Å². The van der Waals surface area contributed by atoms with Gasteiger partial charge in [0, 0.05) is 18.8 Å². The number of rotatable bonds is 6. The Balaban J connectivity index is 2.30. The molecule has 2 aromatic rings. The number of benzene rings is 1. The monoisotopic (exact) mass is 301 g/mol. The molecule has 4 N–H and O–H groups in total. The van der Waals surface area contributed by atoms with Crippen molar-refractivity contribution in [1.29, 1.82) is 0 Å². The van der Waals surface area contributed by atoms with E-state index in [1.165, 1.54) is 17.5 Å². The first-order valence-electron chi connectivity index (χ1n) is 7.37. The number of nitrogens with zero attached hydrogens (tertiary/aromatic N) is 3. The lowest BCUT2D eigenvalue weighted by atomic mass is 10.1. The average Bonchev–Trinajstić information content (AvgIpc) is 2.51. The summed E-state index contributed by atoms with van der Waals surface area (Å²) < 4.78 is 0. The fourth-order valence-electron chi connectivity index (χ4n) is 2.23. The molecule has 0 saturated heterocycles. The summed E-state index contributed by atoms with van der Waals surface area (Å²) in [5.74, 6) is 1.21. The lowest BCUT2D eigenvalue weighted by Gasteiger charge is -2.23. The van der Waals surface area contributed by atoms with Crippen molar-refractivity contribution in [1.82, 2.24) is 9.97 Å². The van der Waals surface area contributed by atoms with Gasteiger partial charge in [0.2, 0.25) is 0 Å². The van der Waals surface area contributed by atoms with E-state index in [1.54, 1.807) is 0 Å². The summed E-state index contributed by atoms with van der Waals surface area (Å²) >= 11 is 0. The van der Waals surface area contributed by atoms with Crippen LogP contribution < -0.4 is 16.0 Å². The van der Waals surface area contributed by atoms with Gasteiger partial charge in [-0.1, -0.05) is 6.07 Å². The third-order valence-electron chi connectivity index (χ3n) is 3.68. The van der Waals surface area contributed by atoms with E-state index in [2.05, 4.69) is 41.3 Å². The van der Waals surface area contributed by atoms with Crippen molar-refractivity contribution in [2.75, 3.05) is 35.6 Å². The van der Waals surface area contributed by atoms with E-state index in [0.29, 0.717) is 30.4 Å². The highest BCUT2D eigenvalue weighted by molar-refractivity contribution is 5.78. The molecular formula is C16H23N5O. The van der Waals surface area contributed by atoms with E-state index < -0.39 is 0 Å². The summed E-state index contributed by atoms with van der Waals surface area (Å²) in [7, 11) is 0. The van der Waals surface area contributed by atoms with Gasteiger partial charge in [0.25, 0.3) is 0 Å². The van der Waals surface area contributed by atoms with Crippen LogP contribution in [0.1, 0.15) is 18.1 Å². The van der Waals surface area contributed by atoms with Crippen molar-refractivity contribution in [3.8, 4) is 0 Å². The molecule has 22 heavy (non-hydrogen) atoms. The fraction of sp³-hybridized carbons (Fsp3) is 0.375. The topological polar surface area (TPSA) is 87.3 Å². The highest BCUT2D eigenvalue weighted by Gasteiger charge is 2.13. The van der Waals surface area contributed by atoms with E-state index in [-0.39, 0.29) is 6.61 Å². The maximum atomic E-state index is 9.14. The first-order chi connectivity index (χ1) is 10.6. The van der Waals surface area contributed by atoms with Gasteiger partial charge in [-0.3, -0.25) is 0 Å². The zero-order valence-electron chi connectivity index (χ0n) is 13.3. The molecule has 0 radical (unpaired) electrons. The van der Waals surface area contributed by atoms with Crippen molar-refractivity contribution in [2.24, 2.45) is 0 Å². The van der Waals surface area contributed by atoms with Gasteiger partial charge in [-0.15, -0.1) is 0 Å². The SMILES string of the molecule is CCN(CCO)c1ncnc(Nc2ccc(C)c(C)c2)c1N. The lowest BCUT2D eigenvalue weighted by molar-refractivity contribution is 0.302. The lowest BCUT2D eigenvalue weighted by Crippen LogP contribution is -2.28. The molecule has 0 spiro atoms. The molecule has 0 atom stereocenters. The summed E-state index contributed by atoms with van der Waals surface area (Å²) in [5.41, 5.74) is 10.1. The molecule has 1 heterocycles. The minimum Gasteiger partial charge on any atom is -0.395 e. The number of aliphatic hydroxyl groups excluding tert-OH is 1. The second kappa shape index (κ2) is 7.09. The Morgan fingerprint density at radius 3 is 2.64 bits per heavy atom. The summed E-state index contributed by atoms with van der Waals surface area (Å²) in [6.07, 6.45) is 1.48. The standard InChI is InChI=1S/C16H23N5O/c1-4-21(7-8-22)16-14(17)15(18-10-19-16)20-13-6-5-11(2)12(3)9-13/h5-6,9-10,22H,4,7-8,17H2,1-3H3,(H,18,19,20). The van der Waals surface area contributed by atoms with Gasteiger partial charge in [0.15, 0.2) is 11.6 Å². The molecule has 0 aliphatic carbocycles. The van der Waals surface area contributed by atoms with Crippen LogP contribution in [0, 0.1) is 13.8 Å². The van der Waals surface area contributed by atoms with Crippen molar-refractivity contribution in [3.63, 3.8) is 0 Å². The first-order valence-corrected chi connectivity index (χ1v) is 7.37. The number of nitrogens with one attached hydrogen (secondary N) is 1. The zero-order valence-corrected chi connectivity index (χ0v) is 13.3. The first kappa shape index (κ1) is 16.0. The van der Waals surface area contributed by atoms with Crippen molar-refractivity contribution in [3.05, 3.63) is 35.7 Å². The third-order valence-corrected chi connectivity index (χ3v) is 3.68. The average molecular weight is 301 g/mol. The minimum atomic E-state index is 0.0528. The molecule has 0 unspecified atom stereocenters. The van der Waals surface area contributed by atoms with E-state index in [0.717, 1.165) is 5.69 Å². The Morgan fingerprint density at radius 1 is 1.23 bits per heavy atom. The Bertz CT molecular complexity index is 644. The molecule has 0 saturated carbocycles. The maximum absolute atomic E-state index is 9.14. The van der Waals surface area contributed by atoms with E-state index in [1.807, 2.05) is 17.9 Å². The summed E-state index contributed by atoms with van der Waals surface area (Å²) in [6.45, 7) is 7.39. The van der Waals surface area contributed by atoms with E-state index in [9.17, 15) is 0 Å². The van der Waals surface area contributed by atoms with Gasteiger partial charge in [-0.2, -0.15) is 0 Å². The van der Waals surface area contributed by atoms with E-state index >= 15 is 0 Å². The molecule has 118 valence electrons. The van der Waals surface area contributed by atoms with Crippen LogP contribution in [0.2, 0.25) is 0 Å². The molecule has 6 nitrogen and oxygen atoms in total. The molecule has 0 aliphatic rings. The predicted molar refractivity (Wildman–Crippen MR) is 90.6 cm³/mol. The summed E-state index contributed by atoms with van der Waals surface area (Å²) in [6, 6.07) is 6.11. The number of hydrogen-bond donors (Lipinski definition) is 3. The van der Waals surface area contributed by atoms with Crippen molar-refractivity contribution >= 4 is 23.0 Å². The molecular weight excluding hydrogens is 278 g/mol. The molecule has 0 fully saturated rings. The van der Waals surface area contributed by atoms with Crippen LogP contribution in [0.4, 0.5) is 23.0 Å². The molecule has 0 bridgehead atoms. The maximum Gasteiger partial charge on any atom is 0.159 e. The van der Waals surface area contributed by atoms with Gasteiger partial charge < -0.3 is 21.1 Å². The van der Waals surface area contributed by atoms with Crippen LogP contribution in [-0.2, 0) is 0 Å². The number of hydrogen-bond acceptors (Lipinski definition) is 6. The van der Waals surface area contributed by atoms with Crippen LogP contribution in [0.25, 0.3) is 0 Å². The minimum absolute atomic E-state index is 0.0528. The number of nitrogen functional groups attached to an aromatic ring is 1. The predicted octanol–water partition coefficient (Wildman–Crippen LogP) is 2.24. The Labute approximate surface area is 131 Å². The fourth-order valence-corrected chi connectivity index (χ4v) is 2.23. The molecule has 6 heteroatoms. The highest BCUT2D eigenvalue weighted by atomic mass is 16.3. The van der Waals surface area contributed by atoms with Crippen LogP contribution >= 0.6 is 0 Å². The van der Waals surface area contributed by atoms with Crippen LogP contribution in [0.3, 0.4) is 0 Å². The summed E-state index contributed by atoms with van der Waals surface area (Å²) in [5, 5.41) is 12.4. The van der Waals surface area contributed by atoms with Crippen LogP contribution in [0.5, 0.6) is 0 Å². The highest BCUT2D eigenvalue weighted by Crippen LogP contribution is 2.28. The van der Waals surface area contributed by atoms with Crippen LogP contribution in [0.15, 0.2) is 24.5 Å². The number of aryl methyl sites for hydroxylation is 2. The second-order valence-electron chi connectivity index (χ2n) is 5.19. The van der Waals surface area contributed by atoms with Crippen molar-refractivity contribution < 1.29 is 5.11 Å². The molecule has 2 rings (SSSR count). The smallest absolute Gasteiger partial charge is 0.159 e. The largest absolute Gasteiger partial charge is 0.395 e. The van der Waals surface area contributed by atoms with Crippen molar-refractivity contribution in [2.45, 2.75) is 20.8 Å². The van der Waals surface area contributed by atoms with Gasteiger partial charge >= 0.3 is 0 Å². The molecule has 1 aromatic carbocycles. The van der Waals surface area contributed by atoms with Gasteiger partial charge in [-0.25, -0.2) is 9.97 Å². The molecule has 0 amide bonds. The summed E-state index contributed by atoms with van der Waals surface area (Å²) in [4.78, 5) is 10.4. The molecule has 0 aliphatic heterocycles. The normalized spacial score (nSPS) is 10.5. The quantitative estimate of drug-likeness (QED) is 0.758.